The van der Waals surface area contributed by atoms with Gasteiger partial charge in [0, 0.05) is 17.1 Å². The standard InChI is InChI=1S/C20H17NO4/c1-13-17(20(23)24-2)12-15(25-13)10-11-19(22)21-18-9-5-7-14-6-3-4-8-16(14)18/h3-12H,1-2H3,(H,21,22)/b11-10+. The van der Waals surface area contributed by atoms with Gasteiger partial charge < -0.3 is 14.5 Å². The Morgan fingerprint density at radius 1 is 1.12 bits per heavy atom. The number of hydrogen-bond donors (Lipinski definition) is 1. The van der Waals surface area contributed by atoms with Crippen LogP contribution in [0, 0.1) is 6.92 Å². The van der Waals surface area contributed by atoms with Crippen molar-refractivity contribution < 1.29 is 18.7 Å². The molecule has 0 spiro atoms. The van der Waals surface area contributed by atoms with Crippen molar-refractivity contribution in [1.82, 2.24) is 0 Å². The predicted molar refractivity (Wildman–Crippen MR) is 96.4 cm³/mol. The van der Waals surface area contributed by atoms with Crippen molar-refractivity contribution in [1.29, 1.82) is 0 Å². The molecule has 0 unspecified atom stereocenters. The van der Waals surface area contributed by atoms with Crippen molar-refractivity contribution in [3.8, 4) is 0 Å². The van der Waals surface area contributed by atoms with Gasteiger partial charge in [0.15, 0.2) is 0 Å². The number of rotatable bonds is 4. The van der Waals surface area contributed by atoms with Crippen molar-refractivity contribution in [3.05, 3.63) is 71.7 Å². The lowest BCUT2D eigenvalue weighted by molar-refractivity contribution is -0.111. The number of anilines is 1. The molecule has 1 amide bonds. The van der Waals surface area contributed by atoms with Gasteiger partial charge in [-0.1, -0.05) is 36.4 Å². The van der Waals surface area contributed by atoms with Crippen LogP contribution in [0.4, 0.5) is 5.69 Å². The van der Waals surface area contributed by atoms with E-state index in [1.807, 2.05) is 42.5 Å². The van der Waals surface area contributed by atoms with Crippen LogP contribution in [-0.4, -0.2) is 19.0 Å². The quantitative estimate of drug-likeness (QED) is 0.574. The van der Waals surface area contributed by atoms with Crippen LogP contribution in [0.1, 0.15) is 21.9 Å². The van der Waals surface area contributed by atoms with E-state index in [1.54, 1.807) is 13.0 Å². The van der Waals surface area contributed by atoms with Crippen molar-refractivity contribution in [3.63, 3.8) is 0 Å². The van der Waals surface area contributed by atoms with E-state index in [-0.39, 0.29) is 5.91 Å². The van der Waals surface area contributed by atoms with Gasteiger partial charge in [0.2, 0.25) is 5.91 Å². The molecule has 3 rings (SSSR count). The minimum Gasteiger partial charge on any atom is -0.465 e. The lowest BCUT2D eigenvalue weighted by Crippen LogP contribution is -2.07. The van der Waals surface area contributed by atoms with E-state index in [0.717, 1.165) is 16.5 Å². The van der Waals surface area contributed by atoms with Crippen molar-refractivity contribution in [2.24, 2.45) is 0 Å². The first-order chi connectivity index (χ1) is 12.1. The Kier molecular flexibility index (Phi) is 4.66. The molecule has 5 nitrogen and oxygen atoms in total. The maximum atomic E-state index is 12.2. The Labute approximate surface area is 144 Å². The summed E-state index contributed by atoms with van der Waals surface area (Å²) in [6.45, 7) is 1.67. The molecular formula is C20H17NO4. The highest BCUT2D eigenvalue weighted by Gasteiger charge is 2.14. The first-order valence-electron chi connectivity index (χ1n) is 7.74. The fourth-order valence-electron chi connectivity index (χ4n) is 2.57. The number of benzene rings is 2. The highest BCUT2D eigenvalue weighted by atomic mass is 16.5. The van der Waals surface area contributed by atoms with Gasteiger partial charge in [-0.25, -0.2) is 4.79 Å². The molecule has 0 aliphatic rings. The summed E-state index contributed by atoms with van der Waals surface area (Å²) in [5.74, 6) is 0.0954. The van der Waals surface area contributed by atoms with E-state index in [9.17, 15) is 9.59 Å². The highest BCUT2D eigenvalue weighted by Crippen LogP contribution is 2.23. The number of furan rings is 1. The van der Waals surface area contributed by atoms with E-state index in [4.69, 9.17) is 4.42 Å². The van der Waals surface area contributed by atoms with Crippen LogP contribution in [-0.2, 0) is 9.53 Å². The maximum Gasteiger partial charge on any atom is 0.341 e. The molecule has 126 valence electrons. The summed E-state index contributed by atoms with van der Waals surface area (Å²) in [6, 6.07) is 15.1. The van der Waals surface area contributed by atoms with Gasteiger partial charge in [-0.2, -0.15) is 0 Å². The fourth-order valence-corrected chi connectivity index (χ4v) is 2.57. The molecule has 3 aromatic rings. The normalized spacial score (nSPS) is 11.0. The first-order valence-corrected chi connectivity index (χ1v) is 7.74. The average Bonchev–Trinajstić information content (AvgIpc) is 3.00. The second-order valence-electron chi connectivity index (χ2n) is 5.46. The third kappa shape index (κ3) is 3.61. The van der Waals surface area contributed by atoms with Crippen LogP contribution in [0.15, 0.2) is 59.0 Å². The van der Waals surface area contributed by atoms with Crippen molar-refractivity contribution >= 4 is 34.4 Å². The van der Waals surface area contributed by atoms with E-state index >= 15 is 0 Å². The molecule has 1 N–H and O–H groups in total. The third-order valence-corrected chi connectivity index (χ3v) is 3.79. The monoisotopic (exact) mass is 335 g/mol. The van der Waals surface area contributed by atoms with Gasteiger partial charge >= 0.3 is 5.97 Å². The van der Waals surface area contributed by atoms with Crippen LogP contribution < -0.4 is 5.32 Å². The van der Waals surface area contributed by atoms with E-state index in [2.05, 4.69) is 10.1 Å². The first kappa shape index (κ1) is 16.5. The molecule has 0 bridgehead atoms. The second kappa shape index (κ2) is 7.05. The van der Waals surface area contributed by atoms with Gasteiger partial charge in [-0.15, -0.1) is 0 Å². The fraction of sp³-hybridized carbons (Fsp3) is 0.100. The molecule has 1 heterocycles. The van der Waals surface area contributed by atoms with E-state index in [1.165, 1.54) is 19.3 Å². The highest BCUT2D eigenvalue weighted by molar-refractivity contribution is 6.07. The van der Waals surface area contributed by atoms with Gasteiger partial charge in [0.05, 0.1) is 7.11 Å². The number of aryl methyl sites for hydroxylation is 1. The number of carbonyl (C=O) groups excluding carboxylic acids is 2. The number of carbonyl (C=O) groups is 2. The Hall–Kier alpha value is -3.34. The minimum atomic E-state index is -0.471. The molecule has 0 aliphatic carbocycles. The summed E-state index contributed by atoms with van der Waals surface area (Å²) in [4.78, 5) is 23.7. The molecule has 0 aliphatic heterocycles. The lowest BCUT2D eigenvalue weighted by Gasteiger charge is -2.06. The third-order valence-electron chi connectivity index (χ3n) is 3.79. The smallest absolute Gasteiger partial charge is 0.341 e. The topological polar surface area (TPSA) is 68.5 Å². The number of esters is 1. The number of nitrogens with one attached hydrogen (secondary N) is 1. The van der Waals surface area contributed by atoms with Crippen LogP contribution in [0.25, 0.3) is 16.8 Å². The minimum absolute atomic E-state index is 0.287. The van der Waals surface area contributed by atoms with Crippen molar-refractivity contribution in [2.75, 3.05) is 12.4 Å². The molecule has 2 aromatic carbocycles. The van der Waals surface area contributed by atoms with Crippen LogP contribution in [0.3, 0.4) is 0 Å². The van der Waals surface area contributed by atoms with Gasteiger partial charge in [0.1, 0.15) is 17.1 Å². The summed E-state index contributed by atoms with van der Waals surface area (Å²) in [5, 5.41) is 4.87. The van der Waals surface area contributed by atoms with Crippen LogP contribution in [0.2, 0.25) is 0 Å². The van der Waals surface area contributed by atoms with Crippen LogP contribution in [0.5, 0.6) is 0 Å². The molecule has 5 heteroatoms. The predicted octanol–water partition coefficient (Wildman–Crippen LogP) is 4.18. The zero-order chi connectivity index (χ0) is 17.8. The molecule has 25 heavy (non-hydrogen) atoms. The molecule has 0 saturated heterocycles. The summed E-state index contributed by atoms with van der Waals surface area (Å²) >= 11 is 0. The van der Waals surface area contributed by atoms with Gasteiger partial charge in [0.25, 0.3) is 0 Å². The lowest BCUT2D eigenvalue weighted by atomic mass is 10.1. The Bertz CT molecular complexity index is 963. The molecule has 0 saturated carbocycles. The summed E-state index contributed by atoms with van der Waals surface area (Å²) in [7, 11) is 1.31. The number of hydrogen-bond acceptors (Lipinski definition) is 4. The zero-order valence-electron chi connectivity index (χ0n) is 13.9. The van der Waals surface area contributed by atoms with Gasteiger partial charge in [-0.3, -0.25) is 4.79 Å². The average molecular weight is 335 g/mol. The Morgan fingerprint density at radius 2 is 1.88 bits per heavy atom. The largest absolute Gasteiger partial charge is 0.465 e. The second-order valence-corrected chi connectivity index (χ2v) is 5.46. The maximum absolute atomic E-state index is 12.2. The van der Waals surface area contributed by atoms with Crippen LogP contribution >= 0.6 is 0 Å². The molecule has 0 radical (unpaired) electrons. The van der Waals surface area contributed by atoms with E-state index < -0.39 is 5.97 Å². The SMILES string of the molecule is COC(=O)c1cc(/C=C/C(=O)Nc2cccc3ccccc23)oc1C. The molecule has 0 fully saturated rings. The molecular weight excluding hydrogens is 318 g/mol. The number of fused-ring (bicyclic) bond motifs is 1. The molecule has 0 atom stereocenters. The van der Waals surface area contributed by atoms with E-state index in [0.29, 0.717) is 17.1 Å². The number of ether oxygens (including phenoxy) is 1. The van der Waals surface area contributed by atoms with Gasteiger partial charge in [-0.05, 0) is 30.5 Å². The number of methoxy groups -OCH3 is 1. The van der Waals surface area contributed by atoms with Crippen molar-refractivity contribution in [2.45, 2.75) is 6.92 Å². The Balaban J connectivity index is 1.76. The molecule has 1 aromatic heterocycles. The summed E-state index contributed by atoms with van der Waals surface area (Å²) < 4.78 is 10.1. The number of amides is 1. The summed E-state index contributed by atoms with van der Waals surface area (Å²) in [6.07, 6.45) is 2.88. The Morgan fingerprint density at radius 3 is 2.68 bits per heavy atom. The zero-order valence-corrected chi connectivity index (χ0v) is 13.9. The summed E-state index contributed by atoms with van der Waals surface area (Å²) in [5.41, 5.74) is 1.08.